The van der Waals surface area contributed by atoms with E-state index < -0.39 is 0 Å². The van der Waals surface area contributed by atoms with E-state index in [9.17, 15) is 0 Å². The highest BCUT2D eigenvalue weighted by molar-refractivity contribution is 5.50. The molecule has 3 N–H and O–H groups in total. The van der Waals surface area contributed by atoms with Crippen LogP contribution in [0, 0.1) is 18.3 Å². The molecule has 0 amide bonds. The Kier molecular flexibility index (Phi) is 3.79. The summed E-state index contributed by atoms with van der Waals surface area (Å²) in [5.74, 6) is 1.78. The molecular weight excluding hydrogens is 222 g/mol. The first kappa shape index (κ1) is 13.2. The molecule has 0 saturated heterocycles. The van der Waals surface area contributed by atoms with E-state index >= 15 is 0 Å². The highest BCUT2D eigenvalue weighted by Gasteiger charge is 2.31. The lowest BCUT2D eigenvalue weighted by atomic mass is 9.78. The van der Waals surface area contributed by atoms with Crippen LogP contribution in [0.2, 0.25) is 0 Å². The smallest absolute Gasteiger partial charge is 0.126 e. The highest BCUT2D eigenvalue weighted by Crippen LogP contribution is 2.39. The maximum absolute atomic E-state index is 5.78. The Morgan fingerprint density at radius 3 is 2.67 bits per heavy atom. The van der Waals surface area contributed by atoms with Crippen LogP contribution in [0.1, 0.15) is 45.1 Å². The van der Waals surface area contributed by atoms with Crippen molar-refractivity contribution in [1.82, 2.24) is 4.98 Å². The number of pyridine rings is 1. The number of rotatable bonds is 4. The van der Waals surface area contributed by atoms with Crippen LogP contribution in [-0.2, 0) is 0 Å². The van der Waals surface area contributed by atoms with E-state index in [1.54, 1.807) is 6.20 Å². The van der Waals surface area contributed by atoms with E-state index in [-0.39, 0.29) is 0 Å². The largest absolute Gasteiger partial charge is 0.397 e. The SMILES string of the molecule is Cc1cc(NCC(C)(C)C2CCCC2)ncc1N. The van der Waals surface area contributed by atoms with Crippen LogP contribution in [-0.4, -0.2) is 11.5 Å². The van der Waals surface area contributed by atoms with Crippen LogP contribution < -0.4 is 11.1 Å². The van der Waals surface area contributed by atoms with Crippen LogP contribution in [0.15, 0.2) is 12.3 Å². The van der Waals surface area contributed by atoms with Crippen molar-refractivity contribution in [3.8, 4) is 0 Å². The van der Waals surface area contributed by atoms with Gasteiger partial charge >= 0.3 is 0 Å². The molecule has 3 heteroatoms. The van der Waals surface area contributed by atoms with Crippen molar-refractivity contribution in [2.45, 2.75) is 46.5 Å². The van der Waals surface area contributed by atoms with Gasteiger partial charge in [-0.1, -0.05) is 26.7 Å². The van der Waals surface area contributed by atoms with E-state index in [4.69, 9.17) is 5.73 Å². The van der Waals surface area contributed by atoms with Crippen molar-refractivity contribution in [3.63, 3.8) is 0 Å². The van der Waals surface area contributed by atoms with Gasteiger partial charge in [-0.15, -0.1) is 0 Å². The standard InChI is InChI=1S/C15H25N3/c1-11-8-14(17-9-13(11)16)18-10-15(2,3)12-6-4-5-7-12/h8-9,12H,4-7,10,16H2,1-3H3,(H,17,18). The van der Waals surface area contributed by atoms with E-state index in [1.807, 2.05) is 13.0 Å². The first-order valence-electron chi connectivity index (χ1n) is 6.95. The minimum absolute atomic E-state index is 0.341. The van der Waals surface area contributed by atoms with Crippen LogP contribution in [0.4, 0.5) is 11.5 Å². The molecule has 0 bridgehead atoms. The molecule has 1 aromatic rings. The van der Waals surface area contributed by atoms with Gasteiger partial charge in [0.2, 0.25) is 0 Å². The molecule has 1 aliphatic rings. The molecule has 1 fully saturated rings. The number of nitrogens with one attached hydrogen (secondary N) is 1. The van der Waals surface area contributed by atoms with Gasteiger partial charge < -0.3 is 11.1 Å². The maximum Gasteiger partial charge on any atom is 0.126 e. The fraction of sp³-hybridized carbons (Fsp3) is 0.667. The summed E-state index contributed by atoms with van der Waals surface area (Å²) in [6.07, 6.45) is 7.28. The average Bonchev–Trinajstić information content (AvgIpc) is 2.85. The van der Waals surface area contributed by atoms with Crippen molar-refractivity contribution in [3.05, 3.63) is 17.8 Å². The first-order chi connectivity index (χ1) is 8.49. The number of nitrogens with zero attached hydrogens (tertiary/aromatic N) is 1. The van der Waals surface area contributed by atoms with Gasteiger partial charge in [0.05, 0.1) is 11.9 Å². The average molecular weight is 247 g/mol. The summed E-state index contributed by atoms with van der Waals surface area (Å²) in [7, 11) is 0. The fourth-order valence-electron chi connectivity index (χ4n) is 2.83. The minimum atomic E-state index is 0.341. The summed E-state index contributed by atoms with van der Waals surface area (Å²) in [5, 5.41) is 3.46. The summed E-state index contributed by atoms with van der Waals surface area (Å²) >= 11 is 0. The number of nitrogen functional groups attached to an aromatic ring is 1. The van der Waals surface area contributed by atoms with Crippen LogP contribution >= 0.6 is 0 Å². The molecule has 0 atom stereocenters. The predicted molar refractivity (Wildman–Crippen MR) is 77.6 cm³/mol. The van der Waals surface area contributed by atoms with E-state index in [2.05, 4.69) is 24.1 Å². The van der Waals surface area contributed by atoms with Crippen LogP contribution in [0.5, 0.6) is 0 Å². The highest BCUT2D eigenvalue weighted by atomic mass is 15.0. The zero-order valence-electron chi connectivity index (χ0n) is 11.8. The number of nitrogens with two attached hydrogens (primary N) is 1. The predicted octanol–water partition coefficient (Wildman–Crippen LogP) is 3.60. The van der Waals surface area contributed by atoms with E-state index in [0.717, 1.165) is 29.5 Å². The van der Waals surface area contributed by atoms with E-state index in [0.29, 0.717) is 5.41 Å². The number of anilines is 2. The summed E-state index contributed by atoms with van der Waals surface area (Å²) in [4.78, 5) is 4.33. The lowest BCUT2D eigenvalue weighted by molar-refractivity contribution is 0.234. The van der Waals surface area contributed by atoms with Crippen LogP contribution in [0.3, 0.4) is 0 Å². The molecule has 18 heavy (non-hydrogen) atoms. The van der Waals surface area contributed by atoms with Gasteiger partial charge in [-0.05, 0) is 42.7 Å². The minimum Gasteiger partial charge on any atom is -0.397 e. The third kappa shape index (κ3) is 2.95. The van der Waals surface area contributed by atoms with Gasteiger partial charge in [0.1, 0.15) is 5.82 Å². The topological polar surface area (TPSA) is 50.9 Å². The van der Waals surface area contributed by atoms with Crippen molar-refractivity contribution in [2.24, 2.45) is 11.3 Å². The van der Waals surface area contributed by atoms with Gasteiger partial charge in [-0.25, -0.2) is 4.98 Å². The zero-order chi connectivity index (χ0) is 13.2. The zero-order valence-corrected chi connectivity index (χ0v) is 11.8. The molecule has 0 aromatic carbocycles. The van der Waals surface area contributed by atoms with Gasteiger partial charge in [-0.2, -0.15) is 0 Å². The van der Waals surface area contributed by atoms with Gasteiger partial charge in [0.15, 0.2) is 0 Å². The Labute approximate surface area is 110 Å². The fourth-order valence-corrected chi connectivity index (χ4v) is 2.83. The molecule has 0 unspecified atom stereocenters. The lowest BCUT2D eigenvalue weighted by Gasteiger charge is -2.32. The summed E-state index contributed by atoms with van der Waals surface area (Å²) in [6.45, 7) is 7.72. The second kappa shape index (κ2) is 5.17. The molecular formula is C15H25N3. The third-order valence-electron chi connectivity index (χ3n) is 4.34. The van der Waals surface area contributed by atoms with Crippen molar-refractivity contribution >= 4 is 11.5 Å². The van der Waals surface area contributed by atoms with E-state index in [1.165, 1.54) is 25.7 Å². The molecule has 0 aliphatic heterocycles. The molecule has 100 valence electrons. The molecule has 2 rings (SSSR count). The molecule has 1 aromatic heterocycles. The number of aryl methyl sites for hydroxylation is 1. The van der Waals surface area contributed by atoms with Gasteiger partial charge in [-0.3, -0.25) is 0 Å². The monoisotopic (exact) mass is 247 g/mol. The Bertz CT molecular complexity index is 406. The molecule has 3 nitrogen and oxygen atoms in total. The Morgan fingerprint density at radius 2 is 2.06 bits per heavy atom. The molecule has 1 saturated carbocycles. The maximum atomic E-state index is 5.78. The second-order valence-electron chi connectivity index (χ2n) is 6.25. The second-order valence-corrected chi connectivity index (χ2v) is 6.25. The van der Waals surface area contributed by atoms with Gasteiger partial charge in [0, 0.05) is 6.54 Å². The Balaban J connectivity index is 1.95. The number of hydrogen-bond donors (Lipinski definition) is 2. The van der Waals surface area contributed by atoms with Crippen molar-refractivity contribution < 1.29 is 0 Å². The van der Waals surface area contributed by atoms with Crippen molar-refractivity contribution in [1.29, 1.82) is 0 Å². The quantitative estimate of drug-likeness (QED) is 0.854. The Morgan fingerprint density at radius 1 is 1.39 bits per heavy atom. The summed E-state index contributed by atoms with van der Waals surface area (Å²) in [5.41, 5.74) is 7.97. The van der Waals surface area contributed by atoms with Crippen molar-refractivity contribution in [2.75, 3.05) is 17.6 Å². The number of aromatic nitrogens is 1. The van der Waals surface area contributed by atoms with Crippen LogP contribution in [0.25, 0.3) is 0 Å². The summed E-state index contributed by atoms with van der Waals surface area (Å²) in [6, 6.07) is 2.03. The summed E-state index contributed by atoms with van der Waals surface area (Å²) < 4.78 is 0. The molecule has 1 heterocycles. The normalized spacial score (nSPS) is 17.1. The molecule has 0 radical (unpaired) electrons. The van der Waals surface area contributed by atoms with Gasteiger partial charge in [0.25, 0.3) is 0 Å². The lowest BCUT2D eigenvalue weighted by Crippen LogP contribution is -2.30. The first-order valence-corrected chi connectivity index (χ1v) is 6.95. The number of hydrogen-bond acceptors (Lipinski definition) is 3. The molecule has 1 aliphatic carbocycles. The molecule has 0 spiro atoms. The third-order valence-corrected chi connectivity index (χ3v) is 4.34. The Hall–Kier alpha value is -1.25.